The number of halogens is 1. The van der Waals surface area contributed by atoms with Gasteiger partial charge in [-0.2, -0.15) is 0 Å². The van der Waals surface area contributed by atoms with Crippen LogP contribution in [-0.4, -0.2) is 23.9 Å². The lowest BCUT2D eigenvalue weighted by molar-refractivity contribution is -0.384. The van der Waals surface area contributed by atoms with Gasteiger partial charge in [0.05, 0.1) is 10.5 Å². The Kier molecular flexibility index (Phi) is 5.24. The number of hydrogen-bond acceptors (Lipinski definition) is 4. The Morgan fingerprint density at radius 2 is 2.28 bits per heavy atom. The minimum Gasteiger partial charge on any atom is -0.352 e. The SMILES string of the molecule is CC(CN)CNC(=O)c1ccc([N+](=O)[O-])cc1Br. The van der Waals surface area contributed by atoms with Crippen molar-refractivity contribution in [1.29, 1.82) is 0 Å². The van der Waals surface area contributed by atoms with Gasteiger partial charge in [0.25, 0.3) is 11.6 Å². The molecular weight excluding hydrogens is 302 g/mol. The van der Waals surface area contributed by atoms with Gasteiger partial charge in [0.15, 0.2) is 0 Å². The number of non-ortho nitro benzene ring substituents is 1. The first-order valence-corrected chi connectivity index (χ1v) is 6.17. The fourth-order valence-corrected chi connectivity index (χ4v) is 1.79. The zero-order chi connectivity index (χ0) is 13.7. The second-order valence-corrected chi connectivity index (χ2v) is 4.83. The van der Waals surface area contributed by atoms with Gasteiger partial charge in [0.1, 0.15) is 0 Å². The van der Waals surface area contributed by atoms with Crippen LogP contribution in [0.4, 0.5) is 5.69 Å². The summed E-state index contributed by atoms with van der Waals surface area (Å²) in [4.78, 5) is 21.9. The number of benzene rings is 1. The summed E-state index contributed by atoms with van der Waals surface area (Å²) in [6.07, 6.45) is 0. The molecule has 0 fully saturated rings. The summed E-state index contributed by atoms with van der Waals surface area (Å²) in [5, 5.41) is 13.3. The molecule has 0 aromatic heterocycles. The minimum atomic E-state index is -0.511. The number of nitrogens with zero attached hydrogens (tertiary/aromatic N) is 1. The summed E-state index contributed by atoms with van der Waals surface area (Å²) >= 11 is 3.15. The van der Waals surface area contributed by atoms with Crippen molar-refractivity contribution in [1.82, 2.24) is 5.32 Å². The Balaban J connectivity index is 2.78. The Hall–Kier alpha value is -1.47. The van der Waals surface area contributed by atoms with Crippen LogP contribution >= 0.6 is 15.9 Å². The normalized spacial score (nSPS) is 11.9. The van der Waals surface area contributed by atoms with Crippen molar-refractivity contribution in [3.05, 3.63) is 38.3 Å². The molecule has 0 bridgehead atoms. The maximum atomic E-state index is 11.8. The molecule has 0 saturated carbocycles. The van der Waals surface area contributed by atoms with Crippen LogP contribution in [-0.2, 0) is 0 Å². The molecule has 7 heteroatoms. The van der Waals surface area contributed by atoms with E-state index >= 15 is 0 Å². The number of amides is 1. The van der Waals surface area contributed by atoms with E-state index in [0.717, 1.165) is 0 Å². The van der Waals surface area contributed by atoms with Crippen molar-refractivity contribution in [2.45, 2.75) is 6.92 Å². The molecule has 0 radical (unpaired) electrons. The number of carbonyl (C=O) groups is 1. The maximum absolute atomic E-state index is 11.8. The molecule has 1 aromatic carbocycles. The van der Waals surface area contributed by atoms with Crippen LogP contribution in [0, 0.1) is 16.0 Å². The topological polar surface area (TPSA) is 98.3 Å². The Labute approximate surface area is 113 Å². The number of hydrogen-bond donors (Lipinski definition) is 2. The van der Waals surface area contributed by atoms with E-state index in [2.05, 4.69) is 21.2 Å². The average Bonchev–Trinajstić information content (AvgIpc) is 2.35. The fraction of sp³-hybridized carbons (Fsp3) is 0.364. The summed E-state index contributed by atoms with van der Waals surface area (Å²) in [5.74, 6) is -0.0946. The molecule has 0 saturated heterocycles. The molecular formula is C11H14BrN3O3. The van der Waals surface area contributed by atoms with Crippen molar-refractivity contribution < 1.29 is 9.72 Å². The van der Waals surface area contributed by atoms with Gasteiger partial charge in [-0.15, -0.1) is 0 Å². The number of nitrogens with two attached hydrogens (primary N) is 1. The average molecular weight is 316 g/mol. The van der Waals surface area contributed by atoms with Crippen LogP contribution in [0.3, 0.4) is 0 Å². The van der Waals surface area contributed by atoms with Crippen LogP contribution in [0.5, 0.6) is 0 Å². The highest BCUT2D eigenvalue weighted by Crippen LogP contribution is 2.22. The highest BCUT2D eigenvalue weighted by atomic mass is 79.9. The molecule has 1 aromatic rings. The lowest BCUT2D eigenvalue weighted by Gasteiger charge is -2.10. The van der Waals surface area contributed by atoms with E-state index in [1.54, 1.807) is 0 Å². The predicted molar refractivity (Wildman–Crippen MR) is 71.3 cm³/mol. The van der Waals surface area contributed by atoms with Crippen molar-refractivity contribution in [3.63, 3.8) is 0 Å². The number of nitrogens with one attached hydrogen (secondary N) is 1. The van der Waals surface area contributed by atoms with Crippen molar-refractivity contribution >= 4 is 27.5 Å². The number of nitro benzene ring substituents is 1. The minimum absolute atomic E-state index is 0.0613. The van der Waals surface area contributed by atoms with Crippen molar-refractivity contribution in [2.24, 2.45) is 11.7 Å². The van der Waals surface area contributed by atoms with Gasteiger partial charge in [-0.05, 0) is 34.5 Å². The number of rotatable bonds is 5. The number of nitro groups is 1. The van der Waals surface area contributed by atoms with Gasteiger partial charge >= 0.3 is 0 Å². The van der Waals surface area contributed by atoms with Gasteiger partial charge in [0.2, 0.25) is 0 Å². The molecule has 0 aliphatic heterocycles. The summed E-state index contributed by atoms with van der Waals surface area (Å²) in [7, 11) is 0. The molecule has 0 aliphatic carbocycles. The third kappa shape index (κ3) is 3.78. The van der Waals surface area contributed by atoms with E-state index in [1.165, 1.54) is 18.2 Å². The molecule has 0 heterocycles. The van der Waals surface area contributed by atoms with Gasteiger partial charge in [0, 0.05) is 23.2 Å². The predicted octanol–water partition coefficient (Wildman–Crippen LogP) is 1.68. The van der Waals surface area contributed by atoms with Crippen LogP contribution in [0.1, 0.15) is 17.3 Å². The van der Waals surface area contributed by atoms with E-state index in [-0.39, 0.29) is 17.5 Å². The van der Waals surface area contributed by atoms with Gasteiger partial charge in [-0.3, -0.25) is 14.9 Å². The molecule has 1 unspecified atom stereocenters. The summed E-state index contributed by atoms with van der Waals surface area (Å²) in [5.41, 5.74) is 5.75. The monoisotopic (exact) mass is 315 g/mol. The van der Waals surface area contributed by atoms with Crippen LogP contribution < -0.4 is 11.1 Å². The number of carbonyl (C=O) groups excluding carboxylic acids is 1. The summed E-state index contributed by atoms with van der Waals surface area (Å²) in [6.45, 7) is 2.88. The lowest BCUT2D eigenvalue weighted by Crippen LogP contribution is -2.31. The fourth-order valence-electron chi connectivity index (χ4n) is 1.25. The van der Waals surface area contributed by atoms with Crippen LogP contribution in [0.15, 0.2) is 22.7 Å². The Morgan fingerprint density at radius 1 is 1.61 bits per heavy atom. The molecule has 1 rings (SSSR count). The first-order valence-electron chi connectivity index (χ1n) is 5.38. The largest absolute Gasteiger partial charge is 0.352 e. The Morgan fingerprint density at radius 3 is 2.78 bits per heavy atom. The molecule has 1 amide bonds. The smallest absolute Gasteiger partial charge is 0.270 e. The summed E-state index contributed by atoms with van der Waals surface area (Å²) < 4.78 is 0.398. The zero-order valence-electron chi connectivity index (χ0n) is 9.85. The van der Waals surface area contributed by atoms with E-state index in [9.17, 15) is 14.9 Å². The molecule has 6 nitrogen and oxygen atoms in total. The molecule has 98 valence electrons. The Bertz CT molecular complexity index is 465. The standard InChI is InChI=1S/C11H14BrN3O3/c1-7(5-13)6-14-11(16)9-3-2-8(15(17)18)4-10(9)12/h2-4,7H,5-6,13H2,1H3,(H,14,16). The lowest BCUT2D eigenvalue weighted by atomic mass is 10.1. The quantitative estimate of drug-likeness (QED) is 0.638. The van der Waals surface area contributed by atoms with Gasteiger partial charge in [-0.1, -0.05) is 6.92 Å². The zero-order valence-corrected chi connectivity index (χ0v) is 11.4. The van der Waals surface area contributed by atoms with E-state index in [0.29, 0.717) is 23.1 Å². The van der Waals surface area contributed by atoms with E-state index in [1.807, 2.05) is 6.92 Å². The van der Waals surface area contributed by atoms with Gasteiger partial charge in [-0.25, -0.2) is 0 Å². The first kappa shape index (κ1) is 14.6. The molecule has 3 N–H and O–H groups in total. The highest BCUT2D eigenvalue weighted by Gasteiger charge is 2.14. The molecule has 1 atom stereocenters. The maximum Gasteiger partial charge on any atom is 0.270 e. The van der Waals surface area contributed by atoms with Crippen molar-refractivity contribution in [2.75, 3.05) is 13.1 Å². The van der Waals surface area contributed by atoms with Crippen LogP contribution in [0.2, 0.25) is 0 Å². The second kappa shape index (κ2) is 6.46. The highest BCUT2D eigenvalue weighted by molar-refractivity contribution is 9.10. The van der Waals surface area contributed by atoms with Crippen molar-refractivity contribution in [3.8, 4) is 0 Å². The summed E-state index contributed by atoms with van der Waals surface area (Å²) in [6, 6.07) is 4.03. The van der Waals surface area contributed by atoms with E-state index in [4.69, 9.17) is 5.73 Å². The molecule has 0 aliphatic rings. The molecule has 0 spiro atoms. The van der Waals surface area contributed by atoms with E-state index < -0.39 is 4.92 Å². The second-order valence-electron chi connectivity index (χ2n) is 3.97. The third-order valence-electron chi connectivity index (χ3n) is 2.42. The van der Waals surface area contributed by atoms with Gasteiger partial charge < -0.3 is 11.1 Å². The van der Waals surface area contributed by atoms with Crippen LogP contribution in [0.25, 0.3) is 0 Å². The third-order valence-corrected chi connectivity index (χ3v) is 3.08. The first-order chi connectivity index (χ1) is 8.45. The molecule has 18 heavy (non-hydrogen) atoms.